The van der Waals surface area contributed by atoms with Gasteiger partial charge in [0.05, 0.1) is 0 Å². The van der Waals surface area contributed by atoms with Gasteiger partial charge in [0.2, 0.25) is 0 Å². The largest absolute Gasteiger partial charge is 2.00 e. The van der Waals surface area contributed by atoms with Crippen molar-refractivity contribution in [3.05, 3.63) is 0 Å². The molecule has 0 N–H and O–H groups in total. The van der Waals surface area contributed by atoms with Gasteiger partial charge in [0, 0.05) is 18.3 Å². The maximum Gasteiger partial charge on any atom is 2.00 e. The van der Waals surface area contributed by atoms with E-state index in [0.29, 0.717) is 0 Å². The topological polar surface area (TPSA) is 126 Å². The maximum absolute atomic E-state index is 8.52. The van der Waals surface area contributed by atoms with Gasteiger partial charge in [0.25, 0.3) is 0 Å². The smallest absolute Gasteiger partial charge is 0.672 e. The third-order valence-electron chi connectivity index (χ3n) is 0. The van der Waals surface area contributed by atoms with Crippen LogP contribution in [0.25, 0.3) is 0 Å². The average Bonchev–Trinajstić information content (AvgIpc) is 1.25. The monoisotopic (exact) mass is 178 g/mol. The Labute approximate surface area is 72.7 Å². The van der Waals surface area contributed by atoms with Gasteiger partial charge in [-0.1, -0.05) is 0 Å². The van der Waals surface area contributed by atoms with Crippen LogP contribution in [0, 0.1) is 0 Å². The Balaban J connectivity index is -0.0000000171. The van der Waals surface area contributed by atoms with Crippen LogP contribution in [0.4, 0.5) is 0 Å². The molecule has 0 aliphatic heterocycles. The van der Waals surface area contributed by atoms with Crippen LogP contribution in [0.1, 0.15) is 2.85 Å². The van der Waals surface area contributed by atoms with Gasteiger partial charge in [0.15, 0.2) is 0 Å². The minimum Gasteiger partial charge on any atom is -0.672 e. The number of rotatable bonds is 0. The molecule has 9 heavy (non-hydrogen) atoms. The SMILES string of the molecule is O=[Si]([O-])[O-].O=[Si]([O-])[O-].[H+].[H+].[Mg+2]. The van der Waals surface area contributed by atoms with Crippen LogP contribution < -0.4 is 19.2 Å². The summed E-state index contributed by atoms with van der Waals surface area (Å²) in [6, 6.07) is 0. The summed E-state index contributed by atoms with van der Waals surface area (Å²) >= 11 is 0. The van der Waals surface area contributed by atoms with E-state index in [0.717, 1.165) is 0 Å². The zero-order valence-corrected chi connectivity index (χ0v) is 7.57. The van der Waals surface area contributed by atoms with E-state index >= 15 is 0 Å². The molecule has 0 saturated carbocycles. The first-order valence-electron chi connectivity index (χ1n) is 1.22. The van der Waals surface area contributed by atoms with Crippen LogP contribution in [-0.2, 0) is 8.92 Å². The summed E-state index contributed by atoms with van der Waals surface area (Å²) in [4.78, 5) is 34.1. The van der Waals surface area contributed by atoms with E-state index in [1.165, 1.54) is 0 Å². The van der Waals surface area contributed by atoms with E-state index in [1.54, 1.807) is 0 Å². The molecule has 48 valence electrons. The van der Waals surface area contributed by atoms with Gasteiger partial charge in [-0.2, -0.15) is 0 Å². The maximum atomic E-state index is 8.52. The molecule has 0 saturated heterocycles. The molecule has 0 aromatic rings. The minimum absolute atomic E-state index is 0. The first-order chi connectivity index (χ1) is 3.46. The Morgan fingerprint density at radius 3 is 0.889 bits per heavy atom. The zero-order chi connectivity index (χ0) is 7.15. The van der Waals surface area contributed by atoms with Crippen molar-refractivity contribution >= 4 is 41.4 Å². The molecule has 0 heterocycles. The van der Waals surface area contributed by atoms with E-state index in [9.17, 15) is 0 Å². The fraction of sp³-hybridized carbons (Fsp3) is 0. The predicted molar refractivity (Wildman–Crippen MR) is 20.9 cm³/mol. The van der Waals surface area contributed by atoms with Crippen molar-refractivity contribution in [1.82, 2.24) is 0 Å². The summed E-state index contributed by atoms with van der Waals surface area (Å²) in [5, 5.41) is 0. The van der Waals surface area contributed by atoms with E-state index in [2.05, 4.69) is 0 Å². The molecule has 0 bridgehead atoms. The molecular weight excluding hydrogens is 176 g/mol. The minimum atomic E-state index is -3.63. The molecule has 0 aliphatic rings. The molecule has 0 aromatic carbocycles. The van der Waals surface area contributed by atoms with Crippen molar-refractivity contribution in [3.8, 4) is 0 Å². The van der Waals surface area contributed by atoms with Gasteiger partial charge in [-0.15, -0.1) is 0 Å². The molecule has 0 radical (unpaired) electrons. The average molecular weight is 178 g/mol. The van der Waals surface area contributed by atoms with Gasteiger partial charge in [0.1, 0.15) is 0 Å². The number of hydrogen-bond acceptors (Lipinski definition) is 6. The van der Waals surface area contributed by atoms with Crippen molar-refractivity contribution < 1.29 is 31.0 Å². The van der Waals surface area contributed by atoms with Crippen LogP contribution >= 0.6 is 0 Å². The first kappa shape index (κ1) is 16.0. The fourth-order valence-corrected chi connectivity index (χ4v) is 0. The molecule has 0 unspecified atom stereocenters. The molecule has 0 fully saturated rings. The molecule has 0 atom stereocenters. The van der Waals surface area contributed by atoms with Crippen LogP contribution in [0.2, 0.25) is 0 Å². The fourth-order valence-electron chi connectivity index (χ4n) is 0. The quantitative estimate of drug-likeness (QED) is 0.340. The molecule has 9 heteroatoms. The molecule has 0 aromatic heterocycles. The van der Waals surface area contributed by atoms with E-state index in [-0.39, 0.29) is 25.9 Å². The van der Waals surface area contributed by atoms with Gasteiger partial charge in [-0.05, 0) is 0 Å². The number of hydrogen-bond donors (Lipinski definition) is 0. The Bertz CT molecular complexity index is 76.6. The molecule has 0 aliphatic carbocycles. The summed E-state index contributed by atoms with van der Waals surface area (Å²) in [7, 11) is -7.26. The van der Waals surface area contributed by atoms with Crippen molar-refractivity contribution in [1.29, 1.82) is 0 Å². The van der Waals surface area contributed by atoms with E-state index in [1.807, 2.05) is 0 Å². The third-order valence-corrected chi connectivity index (χ3v) is 0. The Kier molecular flexibility index (Phi) is 19.4. The molecular formula is H2MgO6Si2. The Morgan fingerprint density at radius 1 is 0.889 bits per heavy atom. The van der Waals surface area contributed by atoms with Crippen molar-refractivity contribution in [2.24, 2.45) is 0 Å². The summed E-state index contributed by atoms with van der Waals surface area (Å²) in [5.74, 6) is 0. The summed E-state index contributed by atoms with van der Waals surface area (Å²) in [6.07, 6.45) is 0. The first-order valence-corrected chi connectivity index (χ1v) is 3.67. The summed E-state index contributed by atoms with van der Waals surface area (Å²) < 4.78 is 17.0. The van der Waals surface area contributed by atoms with Crippen LogP contribution in [0.3, 0.4) is 0 Å². The third kappa shape index (κ3) is 5840000000000000327795391544164352. The standard InChI is InChI=1S/Mg.2O3Si/c;2*1-4(2)3/q+2;2*-2/p+2. The summed E-state index contributed by atoms with van der Waals surface area (Å²) in [6.45, 7) is 0. The van der Waals surface area contributed by atoms with Crippen molar-refractivity contribution in [2.75, 3.05) is 0 Å². The Hall–Kier alpha value is 0.000000000000000222. The summed E-state index contributed by atoms with van der Waals surface area (Å²) in [5.41, 5.74) is 0. The van der Waals surface area contributed by atoms with Crippen molar-refractivity contribution in [3.63, 3.8) is 0 Å². The van der Waals surface area contributed by atoms with Crippen LogP contribution in [0.5, 0.6) is 0 Å². The second-order valence-corrected chi connectivity index (χ2v) is 1.50. The second kappa shape index (κ2) is 10.9. The van der Waals surface area contributed by atoms with Gasteiger partial charge in [-0.3, -0.25) is 0 Å². The molecule has 0 spiro atoms. The second-order valence-electron chi connectivity index (χ2n) is 0.500. The van der Waals surface area contributed by atoms with E-state index < -0.39 is 18.3 Å². The van der Waals surface area contributed by atoms with Crippen LogP contribution in [0.15, 0.2) is 0 Å². The molecule has 6 nitrogen and oxygen atoms in total. The molecule has 0 rings (SSSR count). The van der Waals surface area contributed by atoms with Crippen molar-refractivity contribution in [2.45, 2.75) is 0 Å². The Morgan fingerprint density at radius 2 is 0.889 bits per heavy atom. The van der Waals surface area contributed by atoms with Gasteiger partial charge >= 0.3 is 25.9 Å². The zero-order valence-electron chi connectivity index (χ0n) is 6.16. The normalized spacial score (nSPS) is 5.33. The van der Waals surface area contributed by atoms with Crippen LogP contribution in [-0.4, -0.2) is 41.4 Å². The van der Waals surface area contributed by atoms with Gasteiger partial charge < -0.3 is 28.1 Å². The van der Waals surface area contributed by atoms with Gasteiger partial charge in [-0.25, -0.2) is 0 Å². The molecule has 0 amide bonds. The van der Waals surface area contributed by atoms with E-state index in [4.69, 9.17) is 28.1 Å². The predicted octanol–water partition coefficient (Wildman–Crippen LogP) is -5.91.